The molecule has 2 rings (SSSR count). The minimum absolute atomic E-state index is 0.357. The maximum absolute atomic E-state index is 5.79. The molecule has 0 spiro atoms. The Morgan fingerprint density at radius 3 is 2.19 bits per heavy atom. The molecule has 21 heavy (non-hydrogen) atoms. The van der Waals surface area contributed by atoms with E-state index >= 15 is 0 Å². The second-order valence-corrected chi connectivity index (χ2v) is 5.08. The summed E-state index contributed by atoms with van der Waals surface area (Å²) in [5.74, 6) is 1.42. The lowest BCUT2D eigenvalue weighted by Gasteiger charge is -2.14. The van der Waals surface area contributed by atoms with Crippen LogP contribution in [0.4, 0.5) is 11.4 Å². The minimum Gasteiger partial charge on any atom is -0.497 e. The normalized spacial score (nSPS) is 10.0. The number of hydrogen-bond donors (Lipinski definition) is 2. The van der Waals surface area contributed by atoms with Crippen LogP contribution in [0.15, 0.2) is 36.4 Å². The Kier molecular flexibility index (Phi) is 4.65. The Hall–Kier alpha value is -2.27. The van der Waals surface area contributed by atoms with Gasteiger partial charge in [-0.25, -0.2) is 0 Å². The summed E-state index contributed by atoms with van der Waals surface area (Å²) in [4.78, 5) is 0.357. The average molecular weight is 302 g/mol. The van der Waals surface area contributed by atoms with Gasteiger partial charge in [0.25, 0.3) is 0 Å². The number of aryl methyl sites for hydroxylation is 1. The number of benzene rings is 2. The van der Waals surface area contributed by atoms with Crippen molar-refractivity contribution >= 4 is 28.6 Å². The summed E-state index contributed by atoms with van der Waals surface area (Å²) in [6.07, 6.45) is 0. The molecule has 0 aliphatic rings. The van der Waals surface area contributed by atoms with E-state index in [1.54, 1.807) is 14.2 Å². The van der Waals surface area contributed by atoms with E-state index < -0.39 is 0 Å². The molecular formula is C16H18N2O2S. The molecule has 0 saturated heterocycles. The van der Waals surface area contributed by atoms with Crippen molar-refractivity contribution in [2.75, 3.05) is 19.5 Å². The summed E-state index contributed by atoms with van der Waals surface area (Å²) in [5.41, 5.74) is 9.40. The maximum Gasteiger partial charge on any atom is 0.124 e. The highest BCUT2D eigenvalue weighted by molar-refractivity contribution is 7.80. The Labute approximate surface area is 129 Å². The van der Waals surface area contributed by atoms with Crippen molar-refractivity contribution in [3.63, 3.8) is 0 Å². The fraction of sp³-hybridized carbons (Fsp3) is 0.188. The molecule has 3 N–H and O–H groups in total. The van der Waals surface area contributed by atoms with Crippen molar-refractivity contribution in [2.24, 2.45) is 5.73 Å². The molecule has 4 nitrogen and oxygen atoms in total. The minimum atomic E-state index is 0.357. The first-order valence-corrected chi connectivity index (χ1v) is 6.85. The molecule has 0 aliphatic carbocycles. The molecular weight excluding hydrogens is 284 g/mol. The first kappa shape index (κ1) is 15.1. The van der Waals surface area contributed by atoms with Crippen LogP contribution in [-0.4, -0.2) is 19.2 Å². The van der Waals surface area contributed by atoms with Crippen LogP contribution in [0.5, 0.6) is 11.5 Å². The van der Waals surface area contributed by atoms with Gasteiger partial charge in [-0.05, 0) is 19.1 Å². The number of nitrogens with one attached hydrogen (secondary N) is 1. The van der Waals surface area contributed by atoms with Gasteiger partial charge < -0.3 is 20.5 Å². The van der Waals surface area contributed by atoms with Crippen LogP contribution in [-0.2, 0) is 0 Å². The highest BCUT2D eigenvalue weighted by Crippen LogP contribution is 2.29. The lowest BCUT2D eigenvalue weighted by Crippen LogP contribution is -2.12. The summed E-state index contributed by atoms with van der Waals surface area (Å²) in [6, 6.07) is 11.5. The number of rotatable bonds is 5. The molecule has 0 atom stereocenters. The largest absolute Gasteiger partial charge is 0.497 e. The lowest BCUT2D eigenvalue weighted by molar-refractivity contribution is 0.395. The Balaban J connectivity index is 2.40. The quantitative estimate of drug-likeness (QED) is 0.829. The molecule has 0 unspecified atom stereocenters. The average Bonchev–Trinajstić information content (AvgIpc) is 2.48. The monoisotopic (exact) mass is 302 g/mol. The van der Waals surface area contributed by atoms with Crippen LogP contribution < -0.4 is 20.5 Å². The zero-order valence-electron chi connectivity index (χ0n) is 12.3. The zero-order valence-corrected chi connectivity index (χ0v) is 13.1. The molecule has 0 saturated carbocycles. The van der Waals surface area contributed by atoms with Gasteiger partial charge in [0.2, 0.25) is 0 Å². The molecule has 0 heterocycles. The fourth-order valence-corrected chi connectivity index (χ4v) is 2.17. The number of anilines is 2. The third kappa shape index (κ3) is 3.64. The van der Waals surface area contributed by atoms with Crippen molar-refractivity contribution in [3.8, 4) is 11.5 Å². The number of ether oxygens (including phenoxy) is 2. The maximum atomic E-state index is 5.79. The van der Waals surface area contributed by atoms with E-state index in [-0.39, 0.29) is 0 Å². The van der Waals surface area contributed by atoms with E-state index in [0.717, 1.165) is 22.5 Å². The van der Waals surface area contributed by atoms with E-state index in [4.69, 9.17) is 27.4 Å². The Morgan fingerprint density at radius 1 is 1.05 bits per heavy atom. The fourth-order valence-electron chi connectivity index (χ4n) is 2.01. The number of thiocarbonyl (C=S) groups is 1. The SMILES string of the molecule is COc1cc(Nc2ccc(C)cc2C(N)=S)cc(OC)c1. The first-order valence-electron chi connectivity index (χ1n) is 6.44. The number of methoxy groups -OCH3 is 2. The van der Waals surface area contributed by atoms with Gasteiger partial charge in [-0.1, -0.05) is 23.8 Å². The predicted octanol–water partition coefficient (Wildman–Crippen LogP) is 3.39. The predicted molar refractivity (Wildman–Crippen MR) is 89.9 cm³/mol. The van der Waals surface area contributed by atoms with Gasteiger partial charge in [0.15, 0.2) is 0 Å². The van der Waals surface area contributed by atoms with Crippen molar-refractivity contribution in [1.82, 2.24) is 0 Å². The van der Waals surface area contributed by atoms with Crippen molar-refractivity contribution in [1.29, 1.82) is 0 Å². The van der Waals surface area contributed by atoms with E-state index in [0.29, 0.717) is 16.5 Å². The van der Waals surface area contributed by atoms with E-state index in [1.165, 1.54) is 0 Å². The van der Waals surface area contributed by atoms with Crippen LogP contribution >= 0.6 is 12.2 Å². The standard InChI is InChI=1S/C16H18N2O2S/c1-10-4-5-15(14(6-10)16(17)21)18-11-7-12(19-2)9-13(8-11)20-3/h4-9,18H,1-3H3,(H2,17,21). The summed E-state index contributed by atoms with van der Waals surface area (Å²) in [6.45, 7) is 2.00. The lowest BCUT2D eigenvalue weighted by atomic mass is 10.1. The molecule has 0 amide bonds. The van der Waals surface area contributed by atoms with E-state index in [2.05, 4.69) is 5.32 Å². The van der Waals surface area contributed by atoms with E-state index in [9.17, 15) is 0 Å². The topological polar surface area (TPSA) is 56.5 Å². The third-order valence-corrected chi connectivity index (χ3v) is 3.29. The summed E-state index contributed by atoms with van der Waals surface area (Å²) in [5, 5.41) is 3.30. The highest BCUT2D eigenvalue weighted by Gasteiger charge is 2.08. The third-order valence-electron chi connectivity index (χ3n) is 3.07. The van der Waals surface area contributed by atoms with Crippen LogP contribution in [0.2, 0.25) is 0 Å². The number of nitrogens with two attached hydrogens (primary N) is 1. The molecule has 2 aromatic rings. The molecule has 0 aromatic heterocycles. The summed E-state index contributed by atoms with van der Waals surface area (Å²) in [7, 11) is 3.23. The first-order chi connectivity index (χ1) is 10.0. The Morgan fingerprint density at radius 2 is 1.67 bits per heavy atom. The number of hydrogen-bond acceptors (Lipinski definition) is 4. The molecule has 0 fully saturated rings. The van der Waals surface area contributed by atoms with Crippen molar-refractivity contribution in [3.05, 3.63) is 47.5 Å². The smallest absolute Gasteiger partial charge is 0.124 e. The highest BCUT2D eigenvalue weighted by atomic mass is 32.1. The Bertz CT molecular complexity index is 649. The molecule has 110 valence electrons. The van der Waals surface area contributed by atoms with Gasteiger partial charge in [-0.3, -0.25) is 0 Å². The van der Waals surface area contributed by atoms with Gasteiger partial charge in [0.05, 0.1) is 14.2 Å². The molecule has 0 aliphatic heterocycles. The van der Waals surface area contributed by atoms with Gasteiger partial charge in [-0.2, -0.15) is 0 Å². The second-order valence-electron chi connectivity index (χ2n) is 4.64. The molecule has 2 aromatic carbocycles. The molecule has 0 bridgehead atoms. The van der Waals surface area contributed by atoms with Crippen LogP contribution in [0.3, 0.4) is 0 Å². The van der Waals surface area contributed by atoms with Crippen LogP contribution in [0, 0.1) is 6.92 Å². The van der Waals surface area contributed by atoms with E-state index in [1.807, 2.05) is 43.3 Å². The molecule has 0 radical (unpaired) electrons. The zero-order chi connectivity index (χ0) is 15.4. The van der Waals surface area contributed by atoms with Crippen molar-refractivity contribution in [2.45, 2.75) is 6.92 Å². The second kappa shape index (κ2) is 6.45. The van der Waals surface area contributed by atoms with Crippen LogP contribution in [0.25, 0.3) is 0 Å². The van der Waals surface area contributed by atoms with Gasteiger partial charge in [0.1, 0.15) is 16.5 Å². The van der Waals surface area contributed by atoms with Gasteiger partial charge >= 0.3 is 0 Å². The van der Waals surface area contributed by atoms with Crippen LogP contribution in [0.1, 0.15) is 11.1 Å². The van der Waals surface area contributed by atoms with Gasteiger partial charge in [-0.15, -0.1) is 0 Å². The molecule has 5 heteroatoms. The van der Waals surface area contributed by atoms with Gasteiger partial charge in [0, 0.05) is 35.1 Å². The summed E-state index contributed by atoms with van der Waals surface area (Å²) < 4.78 is 10.5. The van der Waals surface area contributed by atoms with Crippen molar-refractivity contribution < 1.29 is 9.47 Å². The summed E-state index contributed by atoms with van der Waals surface area (Å²) >= 11 is 5.11.